The lowest BCUT2D eigenvalue weighted by molar-refractivity contribution is -0.116. The summed E-state index contributed by atoms with van der Waals surface area (Å²) in [5.74, 6) is 0.689. The van der Waals surface area contributed by atoms with Gasteiger partial charge in [-0.1, -0.05) is 0 Å². The summed E-state index contributed by atoms with van der Waals surface area (Å²) in [6.07, 6.45) is 6.73. The van der Waals surface area contributed by atoms with Crippen LogP contribution in [-0.2, 0) is 9.53 Å². The molecule has 6 nitrogen and oxygen atoms in total. The second-order valence-corrected chi connectivity index (χ2v) is 4.88. The van der Waals surface area contributed by atoms with E-state index in [9.17, 15) is 4.79 Å². The van der Waals surface area contributed by atoms with E-state index in [1.807, 2.05) is 19.0 Å². The Balaban J connectivity index is 1.87. The van der Waals surface area contributed by atoms with Crippen LogP contribution >= 0.6 is 0 Å². The number of rotatable bonds is 5. The summed E-state index contributed by atoms with van der Waals surface area (Å²) >= 11 is 0. The minimum atomic E-state index is -0.0200. The highest BCUT2D eigenvalue weighted by Crippen LogP contribution is 2.21. The zero-order chi connectivity index (χ0) is 13.7. The highest BCUT2D eigenvalue weighted by atomic mass is 16.5. The average molecular weight is 264 g/mol. The molecule has 1 unspecified atom stereocenters. The molecular weight excluding hydrogens is 244 g/mol. The molecule has 0 spiro atoms. The summed E-state index contributed by atoms with van der Waals surface area (Å²) in [5, 5.41) is 2.85. The number of carbonyl (C=O) groups is 1. The number of nitrogens with one attached hydrogen (secondary N) is 1. The smallest absolute Gasteiger partial charge is 0.224 e. The first-order valence-corrected chi connectivity index (χ1v) is 6.55. The Labute approximate surface area is 113 Å². The lowest BCUT2D eigenvalue weighted by atomic mass is 10.1. The molecule has 1 atom stereocenters. The number of amides is 1. The van der Waals surface area contributed by atoms with Crippen LogP contribution in [0.15, 0.2) is 12.5 Å². The highest BCUT2D eigenvalue weighted by molar-refractivity contribution is 5.93. The summed E-state index contributed by atoms with van der Waals surface area (Å²) in [6, 6.07) is 0. The topological polar surface area (TPSA) is 67.4 Å². The fraction of sp³-hybridized carbons (Fsp3) is 0.615. The van der Waals surface area contributed by atoms with Gasteiger partial charge in [-0.25, -0.2) is 9.97 Å². The molecule has 1 amide bonds. The van der Waals surface area contributed by atoms with Crippen LogP contribution in [0.1, 0.15) is 25.7 Å². The lowest BCUT2D eigenvalue weighted by Crippen LogP contribution is -2.19. The highest BCUT2D eigenvalue weighted by Gasteiger charge is 2.17. The van der Waals surface area contributed by atoms with E-state index < -0.39 is 0 Å². The van der Waals surface area contributed by atoms with Gasteiger partial charge < -0.3 is 15.0 Å². The van der Waals surface area contributed by atoms with Crippen molar-refractivity contribution in [1.82, 2.24) is 9.97 Å². The molecule has 1 aliphatic rings. The SMILES string of the molecule is CN(C)c1ncncc1NC(=O)CCC1CCCO1. The first-order valence-electron chi connectivity index (χ1n) is 6.55. The van der Waals surface area contributed by atoms with Gasteiger partial charge >= 0.3 is 0 Å². The van der Waals surface area contributed by atoms with Gasteiger partial charge in [0, 0.05) is 27.1 Å². The molecule has 19 heavy (non-hydrogen) atoms. The van der Waals surface area contributed by atoms with Crippen molar-refractivity contribution in [2.24, 2.45) is 0 Å². The summed E-state index contributed by atoms with van der Waals surface area (Å²) < 4.78 is 5.50. The zero-order valence-corrected chi connectivity index (χ0v) is 11.4. The lowest BCUT2D eigenvalue weighted by Gasteiger charge is -2.16. The third-order valence-electron chi connectivity index (χ3n) is 3.11. The predicted octanol–water partition coefficient (Wildman–Crippen LogP) is 1.44. The Morgan fingerprint density at radius 1 is 1.58 bits per heavy atom. The second kappa shape index (κ2) is 6.47. The Morgan fingerprint density at radius 2 is 2.42 bits per heavy atom. The van der Waals surface area contributed by atoms with E-state index in [0.717, 1.165) is 25.9 Å². The largest absolute Gasteiger partial charge is 0.378 e. The van der Waals surface area contributed by atoms with Crippen molar-refractivity contribution in [3.05, 3.63) is 12.5 Å². The van der Waals surface area contributed by atoms with Gasteiger partial charge in [-0.2, -0.15) is 0 Å². The molecule has 0 radical (unpaired) electrons. The monoisotopic (exact) mass is 264 g/mol. The van der Waals surface area contributed by atoms with Crippen LogP contribution in [-0.4, -0.2) is 42.7 Å². The Kier molecular flexibility index (Phi) is 4.68. The van der Waals surface area contributed by atoms with E-state index >= 15 is 0 Å². The van der Waals surface area contributed by atoms with Gasteiger partial charge in [0.15, 0.2) is 5.82 Å². The van der Waals surface area contributed by atoms with Crippen LogP contribution < -0.4 is 10.2 Å². The summed E-state index contributed by atoms with van der Waals surface area (Å²) in [7, 11) is 3.76. The van der Waals surface area contributed by atoms with E-state index in [1.54, 1.807) is 6.20 Å². The maximum Gasteiger partial charge on any atom is 0.224 e. The van der Waals surface area contributed by atoms with E-state index in [2.05, 4.69) is 15.3 Å². The second-order valence-electron chi connectivity index (χ2n) is 4.88. The number of aromatic nitrogens is 2. The molecule has 1 aromatic heterocycles. The van der Waals surface area contributed by atoms with Gasteiger partial charge in [0.2, 0.25) is 5.91 Å². The molecule has 0 aliphatic carbocycles. The number of hydrogen-bond donors (Lipinski definition) is 1. The van der Waals surface area contributed by atoms with Crippen LogP contribution in [0.25, 0.3) is 0 Å². The molecule has 2 rings (SSSR count). The van der Waals surface area contributed by atoms with Crippen molar-refractivity contribution in [2.75, 3.05) is 30.9 Å². The van der Waals surface area contributed by atoms with Gasteiger partial charge in [-0.15, -0.1) is 0 Å². The molecule has 1 fully saturated rings. The van der Waals surface area contributed by atoms with Gasteiger partial charge in [-0.05, 0) is 19.3 Å². The quantitative estimate of drug-likeness (QED) is 0.871. The number of anilines is 2. The van der Waals surface area contributed by atoms with E-state index in [4.69, 9.17) is 4.74 Å². The van der Waals surface area contributed by atoms with E-state index in [-0.39, 0.29) is 12.0 Å². The number of nitrogens with zero attached hydrogens (tertiary/aromatic N) is 3. The van der Waals surface area contributed by atoms with Crippen LogP contribution in [0.5, 0.6) is 0 Å². The molecule has 0 saturated carbocycles. The van der Waals surface area contributed by atoms with Crippen molar-refractivity contribution in [1.29, 1.82) is 0 Å². The summed E-state index contributed by atoms with van der Waals surface area (Å²) in [6.45, 7) is 0.823. The molecule has 1 aliphatic heterocycles. The van der Waals surface area contributed by atoms with E-state index in [0.29, 0.717) is 17.9 Å². The Hall–Kier alpha value is -1.69. The number of ether oxygens (including phenoxy) is 1. The van der Waals surface area contributed by atoms with Crippen molar-refractivity contribution in [3.8, 4) is 0 Å². The zero-order valence-electron chi connectivity index (χ0n) is 11.4. The molecule has 2 heterocycles. The number of hydrogen-bond acceptors (Lipinski definition) is 5. The molecule has 0 aromatic carbocycles. The summed E-state index contributed by atoms with van der Waals surface area (Å²) in [5.41, 5.74) is 0.643. The summed E-state index contributed by atoms with van der Waals surface area (Å²) in [4.78, 5) is 21.8. The molecular formula is C13H20N4O2. The molecule has 1 aromatic rings. The van der Waals surface area contributed by atoms with Gasteiger partial charge in [0.05, 0.1) is 12.3 Å². The van der Waals surface area contributed by atoms with Crippen LogP contribution in [0.2, 0.25) is 0 Å². The molecule has 104 valence electrons. The molecule has 6 heteroatoms. The standard InChI is InChI=1S/C13H20N4O2/c1-17(2)13-11(8-14-9-15-13)16-12(18)6-5-10-4-3-7-19-10/h8-10H,3-7H2,1-2H3,(H,16,18). The van der Waals surface area contributed by atoms with E-state index in [1.165, 1.54) is 6.33 Å². The van der Waals surface area contributed by atoms with Gasteiger partial charge in [-0.3, -0.25) is 4.79 Å². The van der Waals surface area contributed by atoms with Crippen LogP contribution in [0.3, 0.4) is 0 Å². The first-order chi connectivity index (χ1) is 9.16. The maximum absolute atomic E-state index is 11.9. The fourth-order valence-electron chi connectivity index (χ4n) is 2.14. The van der Waals surface area contributed by atoms with Crippen molar-refractivity contribution >= 4 is 17.4 Å². The maximum atomic E-state index is 11.9. The van der Waals surface area contributed by atoms with Crippen molar-refractivity contribution in [2.45, 2.75) is 31.8 Å². The Morgan fingerprint density at radius 3 is 3.11 bits per heavy atom. The van der Waals surface area contributed by atoms with Crippen LogP contribution in [0.4, 0.5) is 11.5 Å². The third-order valence-corrected chi connectivity index (χ3v) is 3.11. The van der Waals surface area contributed by atoms with Crippen LogP contribution in [0, 0.1) is 0 Å². The first kappa shape index (κ1) is 13.7. The Bertz CT molecular complexity index is 430. The van der Waals surface area contributed by atoms with Gasteiger partial charge in [0.25, 0.3) is 0 Å². The average Bonchev–Trinajstić information content (AvgIpc) is 2.90. The molecule has 1 N–H and O–H groups in total. The third kappa shape index (κ3) is 3.89. The van der Waals surface area contributed by atoms with Crippen molar-refractivity contribution < 1.29 is 9.53 Å². The molecule has 1 saturated heterocycles. The van der Waals surface area contributed by atoms with Crippen molar-refractivity contribution in [3.63, 3.8) is 0 Å². The fourth-order valence-corrected chi connectivity index (χ4v) is 2.14. The normalized spacial score (nSPS) is 18.3. The minimum Gasteiger partial charge on any atom is -0.378 e. The van der Waals surface area contributed by atoms with Gasteiger partial charge in [0.1, 0.15) is 12.0 Å². The molecule has 0 bridgehead atoms. The predicted molar refractivity (Wildman–Crippen MR) is 73.2 cm³/mol. The number of carbonyl (C=O) groups excluding carboxylic acids is 1. The minimum absolute atomic E-state index is 0.0200.